The van der Waals surface area contributed by atoms with Crippen LogP contribution in [-0.2, 0) is 6.54 Å². The van der Waals surface area contributed by atoms with Crippen LogP contribution in [0, 0.1) is 5.82 Å². The Labute approximate surface area is 130 Å². The normalized spacial score (nSPS) is 10.5. The first-order chi connectivity index (χ1) is 11.1. The fourth-order valence-electron chi connectivity index (χ4n) is 2.21. The lowest BCUT2D eigenvalue weighted by Crippen LogP contribution is -2.24. The number of aromatic amines is 2. The van der Waals surface area contributed by atoms with Gasteiger partial charge in [-0.3, -0.25) is 9.78 Å². The van der Waals surface area contributed by atoms with Gasteiger partial charge in [0.15, 0.2) is 0 Å². The number of carbonyl (C=O) groups is 1. The van der Waals surface area contributed by atoms with Crippen molar-refractivity contribution in [3.05, 3.63) is 76.2 Å². The van der Waals surface area contributed by atoms with Crippen LogP contribution >= 0.6 is 0 Å². The molecule has 1 aromatic heterocycles. The van der Waals surface area contributed by atoms with Crippen LogP contribution in [0.3, 0.4) is 0 Å². The van der Waals surface area contributed by atoms with Crippen molar-refractivity contribution in [3.63, 3.8) is 0 Å². The second kappa shape index (κ2) is 6.27. The highest BCUT2D eigenvalue weighted by Gasteiger charge is 2.12. The minimum atomic E-state index is -0.430. The monoisotopic (exact) mass is 312 g/mol. The van der Waals surface area contributed by atoms with Crippen molar-refractivity contribution in [1.29, 1.82) is 0 Å². The van der Waals surface area contributed by atoms with Gasteiger partial charge in [0, 0.05) is 5.56 Å². The van der Waals surface area contributed by atoms with E-state index in [0.717, 1.165) is 5.56 Å². The second-order valence-electron chi connectivity index (χ2n) is 4.86. The van der Waals surface area contributed by atoms with Gasteiger partial charge in [-0.1, -0.05) is 30.3 Å². The van der Waals surface area contributed by atoms with Crippen molar-refractivity contribution in [2.75, 3.05) is 0 Å². The zero-order valence-corrected chi connectivity index (χ0v) is 12.0. The van der Waals surface area contributed by atoms with Gasteiger partial charge < -0.3 is 5.32 Å². The quantitative estimate of drug-likeness (QED) is 0.686. The van der Waals surface area contributed by atoms with Crippen LogP contribution in [0.25, 0.3) is 11.1 Å². The Hall–Kier alpha value is -3.22. The molecular weight excluding hydrogens is 299 g/mol. The number of hydrogen-bond acceptors (Lipinski definition) is 3. The average Bonchev–Trinajstić information content (AvgIpc) is 2.99. The molecule has 0 saturated carbocycles. The fourth-order valence-corrected chi connectivity index (χ4v) is 2.21. The second-order valence-corrected chi connectivity index (χ2v) is 4.86. The van der Waals surface area contributed by atoms with Crippen LogP contribution in [0.4, 0.5) is 4.39 Å². The van der Waals surface area contributed by atoms with Gasteiger partial charge in [0.05, 0.1) is 6.54 Å². The van der Waals surface area contributed by atoms with Gasteiger partial charge in [0.1, 0.15) is 11.6 Å². The summed E-state index contributed by atoms with van der Waals surface area (Å²) in [5, 5.41) is 8.63. The zero-order chi connectivity index (χ0) is 16.2. The molecular formula is C16H13FN4O2. The van der Waals surface area contributed by atoms with Gasteiger partial charge in [0.2, 0.25) is 0 Å². The predicted octanol–water partition coefficient (Wildman–Crippen LogP) is 1.83. The number of nitrogens with one attached hydrogen (secondary N) is 3. The highest BCUT2D eigenvalue weighted by molar-refractivity contribution is 6.00. The first-order valence-corrected chi connectivity index (χ1v) is 6.90. The molecule has 1 amide bonds. The average molecular weight is 312 g/mol. The number of halogens is 1. The van der Waals surface area contributed by atoms with E-state index in [4.69, 9.17) is 0 Å². The molecule has 0 fully saturated rings. The lowest BCUT2D eigenvalue weighted by molar-refractivity contribution is 0.0950. The molecule has 3 aromatic rings. The lowest BCUT2D eigenvalue weighted by atomic mass is 9.99. The van der Waals surface area contributed by atoms with E-state index in [1.165, 1.54) is 12.1 Å². The third kappa shape index (κ3) is 3.34. The molecule has 0 atom stereocenters. The maximum Gasteiger partial charge on any atom is 0.340 e. The van der Waals surface area contributed by atoms with Crippen molar-refractivity contribution in [1.82, 2.24) is 20.5 Å². The molecule has 1 heterocycles. The van der Waals surface area contributed by atoms with E-state index in [2.05, 4.69) is 20.5 Å². The summed E-state index contributed by atoms with van der Waals surface area (Å²) in [4.78, 5) is 25.8. The van der Waals surface area contributed by atoms with E-state index in [1.807, 2.05) is 0 Å². The summed E-state index contributed by atoms with van der Waals surface area (Å²) >= 11 is 0. The standard InChI is InChI=1S/C16H13FN4O2/c17-11-7-5-10(6-8-11)12-3-1-2-4-13(12)15(22)18-9-14-19-16(23)21-20-14/h1-8H,9H2,(H,18,22)(H2,19,20,21,23). The van der Waals surface area contributed by atoms with E-state index < -0.39 is 5.69 Å². The summed E-state index contributed by atoms with van der Waals surface area (Å²) in [5.74, 6) is -0.311. The van der Waals surface area contributed by atoms with E-state index >= 15 is 0 Å². The van der Waals surface area contributed by atoms with E-state index in [-0.39, 0.29) is 18.3 Å². The van der Waals surface area contributed by atoms with Crippen LogP contribution in [0.2, 0.25) is 0 Å². The largest absolute Gasteiger partial charge is 0.345 e. The lowest BCUT2D eigenvalue weighted by Gasteiger charge is -2.09. The molecule has 0 aliphatic carbocycles. The highest BCUT2D eigenvalue weighted by atomic mass is 19.1. The molecule has 0 unspecified atom stereocenters. The van der Waals surface area contributed by atoms with Crippen LogP contribution < -0.4 is 11.0 Å². The number of benzene rings is 2. The smallest absolute Gasteiger partial charge is 0.340 e. The van der Waals surface area contributed by atoms with Crippen LogP contribution in [0.15, 0.2) is 53.3 Å². The molecule has 7 heteroatoms. The number of nitrogens with zero attached hydrogens (tertiary/aromatic N) is 1. The van der Waals surface area contributed by atoms with Gasteiger partial charge in [-0.25, -0.2) is 14.3 Å². The van der Waals surface area contributed by atoms with Crippen LogP contribution in [-0.4, -0.2) is 21.1 Å². The van der Waals surface area contributed by atoms with Crippen molar-refractivity contribution in [2.45, 2.75) is 6.54 Å². The van der Waals surface area contributed by atoms with E-state index in [9.17, 15) is 14.0 Å². The molecule has 0 spiro atoms. The topological polar surface area (TPSA) is 90.6 Å². The third-order valence-electron chi connectivity index (χ3n) is 3.29. The molecule has 23 heavy (non-hydrogen) atoms. The predicted molar refractivity (Wildman–Crippen MR) is 82.2 cm³/mol. The van der Waals surface area contributed by atoms with Crippen molar-refractivity contribution in [2.24, 2.45) is 0 Å². The highest BCUT2D eigenvalue weighted by Crippen LogP contribution is 2.23. The van der Waals surface area contributed by atoms with Crippen LogP contribution in [0.1, 0.15) is 16.2 Å². The Kier molecular flexibility index (Phi) is 4.01. The number of aromatic nitrogens is 3. The molecule has 116 valence electrons. The molecule has 0 saturated heterocycles. The maximum atomic E-state index is 13.1. The Morgan fingerprint density at radius 2 is 1.87 bits per heavy atom. The van der Waals surface area contributed by atoms with Crippen molar-refractivity contribution >= 4 is 5.91 Å². The third-order valence-corrected chi connectivity index (χ3v) is 3.29. The first-order valence-electron chi connectivity index (χ1n) is 6.90. The molecule has 0 radical (unpaired) electrons. The number of H-pyrrole nitrogens is 2. The van der Waals surface area contributed by atoms with Gasteiger partial charge in [-0.15, -0.1) is 0 Å². The van der Waals surface area contributed by atoms with Gasteiger partial charge in [-0.2, -0.15) is 5.10 Å². The van der Waals surface area contributed by atoms with Gasteiger partial charge in [0.25, 0.3) is 5.91 Å². The molecule has 6 nitrogen and oxygen atoms in total. The van der Waals surface area contributed by atoms with E-state index in [0.29, 0.717) is 17.0 Å². The maximum absolute atomic E-state index is 13.1. The molecule has 0 aliphatic heterocycles. The number of rotatable bonds is 4. The summed E-state index contributed by atoms with van der Waals surface area (Å²) in [7, 11) is 0. The summed E-state index contributed by atoms with van der Waals surface area (Å²) in [6.07, 6.45) is 0. The minimum Gasteiger partial charge on any atom is -0.345 e. The first kappa shape index (κ1) is 14.7. The summed E-state index contributed by atoms with van der Waals surface area (Å²) in [6, 6.07) is 13.0. The number of hydrogen-bond donors (Lipinski definition) is 3. The molecule has 2 aromatic carbocycles. The van der Waals surface area contributed by atoms with Gasteiger partial charge >= 0.3 is 5.69 Å². The Bertz CT molecular complexity index is 883. The Balaban J connectivity index is 1.83. The molecule has 3 rings (SSSR count). The fraction of sp³-hybridized carbons (Fsp3) is 0.0625. The Morgan fingerprint density at radius 3 is 2.57 bits per heavy atom. The summed E-state index contributed by atoms with van der Waals surface area (Å²) in [5.41, 5.74) is 1.46. The molecule has 3 N–H and O–H groups in total. The van der Waals surface area contributed by atoms with E-state index in [1.54, 1.807) is 36.4 Å². The summed E-state index contributed by atoms with van der Waals surface area (Å²) in [6.45, 7) is 0.0926. The van der Waals surface area contributed by atoms with Gasteiger partial charge in [-0.05, 0) is 29.3 Å². The SMILES string of the molecule is O=C(NCc1n[nH]c(=O)[nH]1)c1ccccc1-c1ccc(F)cc1. The number of carbonyl (C=O) groups excluding carboxylic acids is 1. The minimum absolute atomic E-state index is 0.0926. The Morgan fingerprint density at radius 1 is 1.13 bits per heavy atom. The molecule has 0 bridgehead atoms. The zero-order valence-electron chi connectivity index (χ0n) is 12.0. The summed E-state index contributed by atoms with van der Waals surface area (Å²) < 4.78 is 13.1. The number of amides is 1. The van der Waals surface area contributed by atoms with Crippen molar-refractivity contribution < 1.29 is 9.18 Å². The van der Waals surface area contributed by atoms with Crippen LogP contribution in [0.5, 0.6) is 0 Å². The van der Waals surface area contributed by atoms with Crippen molar-refractivity contribution in [3.8, 4) is 11.1 Å². The molecule has 0 aliphatic rings.